The van der Waals surface area contributed by atoms with Crippen LogP contribution in [0.15, 0.2) is 60.7 Å². The lowest BCUT2D eigenvalue weighted by atomic mass is 9.96. The zero-order chi connectivity index (χ0) is 38.9. The van der Waals surface area contributed by atoms with Crippen LogP contribution in [-0.2, 0) is 66.2 Å². The number of ether oxygens (including phenoxy) is 10. The zero-order valence-corrected chi connectivity index (χ0v) is 33.2. The van der Waals surface area contributed by atoms with Crippen LogP contribution in [0.3, 0.4) is 0 Å². The molecule has 53 heavy (non-hydrogen) atoms. The van der Waals surface area contributed by atoms with E-state index >= 15 is 0 Å². The summed E-state index contributed by atoms with van der Waals surface area (Å²) in [6, 6.07) is 20.4. The van der Waals surface area contributed by atoms with Crippen LogP contribution in [0.2, 0.25) is 5.04 Å². The van der Waals surface area contributed by atoms with Crippen LogP contribution in [-0.4, -0.2) is 129 Å². The molecule has 0 aromatic heterocycles. The Kier molecular flexibility index (Phi) is 15.1. The first-order chi connectivity index (χ1) is 25.2. The van der Waals surface area contributed by atoms with Gasteiger partial charge in [0.2, 0.25) is 0 Å². The summed E-state index contributed by atoms with van der Waals surface area (Å²) >= 11 is 0. The third kappa shape index (κ3) is 9.71. The summed E-state index contributed by atoms with van der Waals surface area (Å²) in [7, 11) is 2.87. The summed E-state index contributed by atoms with van der Waals surface area (Å²) in [5.74, 6) is -1.94. The van der Waals surface area contributed by atoms with E-state index in [2.05, 4.69) is 45.0 Å². The minimum atomic E-state index is -3.04. The van der Waals surface area contributed by atoms with E-state index in [0.717, 1.165) is 10.4 Å². The largest absolute Gasteiger partial charge is 0.463 e. The van der Waals surface area contributed by atoms with Gasteiger partial charge in [-0.1, -0.05) is 81.4 Å². The molecular formula is C38H54O14Si. The van der Waals surface area contributed by atoms with Crippen molar-refractivity contribution in [3.05, 3.63) is 60.7 Å². The van der Waals surface area contributed by atoms with Gasteiger partial charge in [-0.3, -0.25) is 14.4 Å². The molecule has 2 aliphatic rings. The van der Waals surface area contributed by atoms with Crippen LogP contribution in [0.1, 0.15) is 41.5 Å². The molecule has 2 aliphatic heterocycles. The lowest BCUT2D eigenvalue weighted by Gasteiger charge is -2.50. The van der Waals surface area contributed by atoms with Gasteiger partial charge in [0.15, 0.2) is 24.8 Å². The molecule has 10 atom stereocenters. The summed E-state index contributed by atoms with van der Waals surface area (Å²) in [5, 5.41) is 1.82. The van der Waals surface area contributed by atoms with E-state index in [1.165, 1.54) is 42.1 Å². The number of hydrogen-bond acceptors (Lipinski definition) is 14. The van der Waals surface area contributed by atoms with Gasteiger partial charge in [-0.15, -0.1) is 0 Å². The van der Waals surface area contributed by atoms with E-state index in [-0.39, 0.29) is 18.3 Å². The SMILES string of the molecule is CO[C@H]1O[C@H](COC(C)=O)[C@@H](OC(C)=O)[C@H](O[C@H]2O[C@H](CO[Si](c3ccccc3)(c3ccccc3)C(C)(C)C)[C@@H](OC)[C@H](OC)[C@@H]2OC)[C@H]1OC(C)=O. The molecule has 2 aromatic rings. The smallest absolute Gasteiger partial charge is 0.303 e. The summed E-state index contributed by atoms with van der Waals surface area (Å²) in [6.45, 7) is 9.92. The quantitative estimate of drug-likeness (QED) is 0.148. The van der Waals surface area contributed by atoms with Gasteiger partial charge in [0, 0.05) is 49.2 Å². The van der Waals surface area contributed by atoms with Crippen LogP contribution in [0.4, 0.5) is 0 Å². The number of benzene rings is 2. The Balaban J connectivity index is 1.78. The fraction of sp³-hybridized carbons (Fsp3) is 0.605. The highest BCUT2D eigenvalue weighted by atomic mass is 28.4. The maximum atomic E-state index is 12.5. The van der Waals surface area contributed by atoms with Gasteiger partial charge in [-0.25, -0.2) is 0 Å². The number of esters is 3. The standard InChI is InChI=1S/C38H54O14Si/c1-23(39)46-21-28-31(48-24(2)40)33(35(49-25(3)41)36(45-10)50-28)52-37-34(44-9)32(43-8)30(42-7)29(51-37)22-47-53(38(4,5)6,26-17-13-11-14-18-26)27-19-15-12-16-20-27/h11-20,28-37H,21-22H2,1-10H3/t28-,29-,30-,31-,32+,33+,34+,35-,36+,37-/m1/s1. The maximum Gasteiger partial charge on any atom is 0.303 e. The Labute approximate surface area is 312 Å². The van der Waals surface area contributed by atoms with Gasteiger partial charge in [-0.05, 0) is 15.4 Å². The van der Waals surface area contributed by atoms with E-state index in [9.17, 15) is 14.4 Å². The minimum absolute atomic E-state index is 0.0617. The Morgan fingerprint density at radius 2 is 1.08 bits per heavy atom. The molecule has 2 aromatic carbocycles. The molecule has 4 rings (SSSR count). The monoisotopic (exact) mass is 762 g/mol. The normalized spacial score (nSPS) is 29.2. The molecule has 0 aliphatic carbocycles. The summed E-state index contributed by atoms with van der Waals surface area (Å²) in [6.07, 6.45) is -10.4. The molecule has 0 amide bonds. The number of carbonyl (C=O) groups excluding carboxylic acids is 3. The Morgan fingerprint density at radius 1 is 0.585 bits per heavy atom. The van der Waals surface area contributed by atoms with Crippen molar-refractivity contribution in [2.45, 2.75) is 108 Å². The van der Waals surface area contributed by atoms with Gasteiger partial charge in [-0.2, -0.15) is 0 Å². The van der Waals surface area contributed by atoms with Crippen molar-refractivity contribution in [1.29, 1.82) is 0 Å². The highest BCUT2D eigenvalue weighted by molar-refractivity contribution is 6.99. The molecule has 15 heteroatoms. The van der Waals surface area contributed by atoms with E-state index in [1.807, 2.05) is 36.4 Å². The lowest BCUT2D eigenvalue weighted by Crippen LogP contribution is -2.69. The first-order valence-electron chi connectivity index (χ1n) is 17.5. The minimum Gasteiger partial charge on any atom is -0.463 e. The lowest BCUT2D eigenvalue weighted by molar-refractivity contribution is -0.362. The van der Waals surface area contributed by atoms with Crippen LogP contribution in [0.5, 0.6) is 0 Å². The van der Waals surface area contributed by atoms with E-state index in [0.29, 0.717) is 0 Å². The average molecular weight is 763 g/mol. The van der Waals surface area contributed by atoms with Crippen molar-refractivity contribution in [3.63, 3.8) is 0 Å². The molecule has 294 valence electrons. The molecule has 0 N–H and O–H groups in total. The first kappa shape index (κ1) is 42.5. The molecule has 14 nitrogen and oxygen atoms in total. The van der Waals surface area contributed by atoms with Crippen LogP contribution in [0.25, 0.3) is 0 Å². The summed E-state index contributed by atoms with van der Waals surface area (Å²) in [5.41, 5.74) is 0. The number of hydrogen-bond donors (Lipinski definition) is 0. The van der Waals surface area contributed by atoms with Gasteiger partial charge >= 0.3 is 17.9 Å². The van der Waals surface area contributed by atoms with Crippen molar-refractivity contribution in [3.8, 4) is 0 Å². The molecule has 0 spiro atoms. The van der Waals surface area contributed by atoms with Crippen LogP contribution >= 0.6 is 0 Å². The van der Waals surface area contributed by atoms with Crippen LogP contribution < -0.4 is 10.4 Å². The summed E-state index contributed by atoms with van der Waals surface area (Å²) in [4.78, 5) is 36.7. The Morgan fingerprint density at radius 3 is 1.53 bits per heavy atom. The Bertz CT molecular complexity index is 1430. The van der Waals surface area contributed by atoms with Gasteiger partial charge < -0.3 is 51.8 Å². The molecule has 0 radical (unpaired) electrons. The molecule has 2 saturated heterocycles. The van der Waals surface area contributed by atoms with Crippen LogP contribution in [0, 0.1) is 0 Å². The van der Waals surface area contributed by atoms with Crippen molar-refractivity contribution in [2.75, 3.05) is 41.7 Å². The van der Waals surface area contributed by atoms with Gasteiger partial charge in [0.25, 0.3) is 8.32 Å². The van der Waals surface area contributed by atoms with Crippen molar-refractivity contribution in [1.82, 2.24) is 0 Å². The predicted octanol–water partition coefficient (Wildman–Crippen LogP) is 2.52. The second kappa shape index (κ2) is 18.9. The molecule has 2 fully saturated rings. The van der Waals surface area contributed by atoms with E-state index in [4.69, 9.17) is 51.8 Å². The van der Waals surface area contributed by atoms with Crippen molar-refractivity contribution >= 4 is 36.6 Å². The molecular weight excluding hydrogens is 708 g/mol. The third-order valence-electron chi connectivity index (χ3n) is 9.46. The fourth-order valence-corrected chi connectivity index (χ4v) is 11.8. The van der Waals surface area contributed by atoms with Crippen molar-refractivity contribution < 1.29 is 66.2 Å². The molecule has 2 heterocycles. The number of carbonyl (C=O) groups is 3. The molecule has 0 saturated carbocycles. The molecule has 0 bridgehead atoms. The zero-order valence-electron chi connectivity index (χ0n) is 32.2. The second-order valence-electron chi connectivity index (χ2n) is 13.9. The number of methoxy groups -OCH3 is 4. The molecule has 0 unspecified atom stereocenters. The Hall–Kier alpha value is -3.25. The van der Waals surface area contributed by atoms with Gasteiger partial charge in [0.05, 0.1) is 6.61 Å². The maximum absolute atomic E-state index is 12.5. The second-order valence-corrected chi connectivity index (χ2v) is 18.3. The number of rotatable bonds is 15. The first-order valence-corrected chi connectivity index (χ1v) is 19.4. The van der Waals surface area contributed by atoms with E-state index < -0.39 is 87.6 Å². The summed E-state index contributed by atoms with van der Waals surface area (Å²) < 4.78 is 66.8. The highest BCUT2D eigenvalue weighted by Crippen LogP contribution is 2.39. The predicted molar refractivity (Wildman–Crippen MR) is 193 cm³/mol. The average Bonchev–Trinajstić information content (AvgIpc) is 3.12. The highest BCUT2D eigenvalue weighted by Gasteiger charge is 2.57. The van der Waals surface area contributed by atoms with E-state index in [1.54, 1.807) is 7.11 Å². The fourth-order valence-electron chi connectivity index (χ4n) is 7.25. The van der Waals surface area contributed by atoms with Crippen molar-refractivity contribution in [2.24, 2.45) is 0 Å². The van der Waals surface area contributed by atoms with Gasteiger partial charge in [0.1, 0.15) is 43.2 Å². The third-order valence-corrected chi connectivity index (χ3v) is 14.5. The topological polar surface area (TPSA) is 153 Å².